The van der Waals surface area contributed by atoms with Crippen molar-refractivity contribution in [2.24, 2.45) is 39.4 Å². The molecule has 2 saturated carbocycles. The SMILES string of the molecule is COC1CC[C@]2(C)C3=C(CCC2C1(C)C)[C@]1(C)CC[C@H]([C@H](C)CCC=C(C)C)[C@@]1(C)CC3. The molecule has 0 bridgehead atoms. The molecule has 182 valence electrons. The smallest absolute Gasteiger partial charge is 0.0625 e. The fraction of sp³-hybridized carbons (Fsp3) is 0.871. The number of ether oxygens (including phenoxy) is 1. The zero-order valence-corrected chi connectivity index (χ0v) is 22.9. The van der Waals surface area contributed by atoms with Gasteiger partial charge in [0.2, 0.25) is 0 Å². The van der Waals surface area contributed by atoms with E-state index in [1.54, 1.807) is 0 Å². The van der Waals surface area contributed by atoms with E-state index in [1.165, 1.54) is 69.8 Å². The molecule has 2 unspecified atom stereocenters. The van der Waals surface area contributed by atoms with Crippen LogP contribution in [0.3, 0.4) is 0 Å². The van der Waals surface area contributed by atoms with Crippen LogP contribution in [0.1, 0.15) is 120 Å². The van der Waals surface area contributed by atoms with Gasteiger partial charge in [-0.1, -0.05) is 64.3 Å². The Morgan fingerprint density at radius 3 is 2.34 bits per heavy atom. The van der Waals surface area contributed by atoms with E-state index in [0.29, 0.717) is 22.3 Å². The Balaban J connectivity index is 1.64. The molecular formula is C31H52O. The van der Waals surface area contributed by atoms with E-state index in [2.05, 4.69) is 61.5 Å². The lowest BCUT2D eigenvalue weighted by atomic mass is 9.43. The van der Waals surface area contributed by atoms with E-state index in [1.807, 2.05) is 18.3 Å². The van der Waals surface area contributed by atoms with Crippen LogP contribution in [0.5, 0.6) is 0 Å². The summed E-state index contributed by atoms with van der Waals surface area (Å²) in [4.78, 5) is 0. The molecule has 0 N–H and O–H groups in total. The van der Waals surface area contributed by atoms with Gasteiger partial charge in [-0.2, -0.15) is 0 Å². The zero-order valence-electron chi connectivity index (χ0n) is 22.9. The lowest BCUT2D eigenvalue weighted by Crippen LogP contribution is -2.55. The van der Waals surface area contributed by atoms with E-state index in [0.717, 1.165) is 17.8 Å². The number of rotatable bonds is 5. The molecule has 1 nitrogen and oxygen atoms in total. The molecule has 2 fully saturated rings. The Morgan fingerprint density at radius 2 is 1.69 bits per heavy atom. The molecule has 32 heavy (non-hydrogen) atoms. The van der Waals surface area contributed by atoms with Gasteiger partial charge in [0.25, 0.3) is 0 Å². The summed E-state index contributed by atoms with van der Waals surface area (Å²) < 4.78 is 6.01. The van der Waals surface area contributed by atoms with Gasteiger partial charge >= 0.3 is 0 Å². The minimum atomic E-state index is 0.277. The molecule has 0 aromatic heterocycles. The van der Waals surface area contributed by atoms with Gasteiger partial charge in [0.05, 0.1) is 6.10 Å². The second kappa shape index (κ2) is 8.28. The van der Waals surface area contributed by atoms with Crippen LogP contribution in [0.2, 0.25) is 0 Å². The molecule has 4 aliphatic carbocycles. The van der Waals surface area contributed by atoms with E-state index in [9.17, 15) is 0 Å². The predicted octanol–water partition coefficient (Wildman–Crippen LogP) is 9.13. The van der Waals surface area contributed by atoms with Crippen LogP contribution in [-0.2, 0) is 4.74 Å². The second-order valence-electron chi connectivity index (χ2n) is 13.8. The number of fused-ring (bicyclic) bond motifs is 4. The molecule has 0 amide bonds. The highest BCUT2D eigenvalue weighted by Gasteiger charge is 2.63. The van der Waals surface area contributed by atoms with Gasteiger partial charge in [-0.15, -0.1) is 0 Å². The van der Waals surface area contributed by atoms with Crippen molar-refractivity contribution in [2.75, 3.05) is 7.11 Å². The molecule has 1 heteroatoms. The van der Waals surface area contributed by atoms with Crippen molar-refractivity contribution < 1.29 is 4.74 Å². The minimum absolute atomic E-state index is 0.277. The fourth-order valence-electron chi connectivity index (χ4n) is 9.87. The topological polar surface area (TPSA) is 9.23 Å². The van der Waals surface area contributed by atoms with Crippen molar-refractivity contribution in [3.8, 4) is 0 Å². The molecular weight excluding hydrogens is 388 g/mol. The standard InChI is InChI=1S/C31H52O/c1-21(2)11-10-12-22(3)23-15-19-31(8)25-13-14-26-28(4,5)27(32-9)17-18-29(26,6)24(25)16-20-30(23,31)7/h11,22-23,26-27H,10,12-20H2,1-9H3/t22-,23-,26?,27?,29-,30-,31+/m1/s1. The summed E-state index contributed by atoms with van der Waals surface area (Å²) in [6.07, 6.45) is 16.4. The van der Waals surface area contributed by atoms with Gasteiger partial charge in [0.15, 0.2) is 0 Å². The third-order valence-corrected chi connectivity index (χ3v) is 11.9. The van der Waals surface area contributed by atoms with Crippen molar-refractivity contribution in [1.82, 2.24) is 0 Å². The van der Waals surface area contributed by atoms with Crippen LogP contribution in [0.4, 0.5) is 0 Å². The van der Waals surface area contributed by atoms with Gasteiger partial charge in [0.1, 0.15) is 0 Å². The summed E-state index contributed by atoms with van der Waals surface area (Å²) in [5, 5.41) is 0. The van der Waals surface area contributed by atoms with Gasteiger partial charge < -0.3 is 4.74 Å². The molecule has 0 spiro atoms. The number of hydrogen-bond donors (Lipinski definition) is 0. The monoisotopic (exact) mass is 440 g/mol. The highest BCUT2D eigenvalue weighted by molar-refractivity contribution is 5.38. The molecule has 4 rings (SSSR count). The van der Waals surface area contributed by atoms with Crippen LogP contribution < -0.4 is 0 Å². The Bertz CT molecular complexity index is 782. The van der Waals surface area contributed by atoms with Crippen molar-refractivity contribution in [2.45, 2.75) is 126 Å². The molecule has 4 aliphatic rings. The Labute approximate surface area is 199 Å². The second-order valence-corrected chi connectivity index (χ2v) is 13.8. The minimum Gasteiger partial charge on any atom is -0.381 e. The first kappa shape index (κ1) is 24.6. The van der Waals surface area contributed by atoms with Crippen molar-refractivity contribution in [3.05, 3.63) is 22.8 Å². The van der Waals surface area contributed by atoms with Crippen LogP contribution in [-0.4, -0.2) is 13.2 Å². The Hall–Kier alpha value is -0.560. The van der Waals surface area contributed by atoms with Crippen LogP contribution in [0.15, 0.2) is 22.8 Å². The highest BCUT2D eigenvalue weighted by Crippen LogP contribution is 2.72. The lowest BCUT2D eigenvalue weighted by molar-refractivity contribution is -0.112. The summed E-state index contributed by atoms with van der Waals surface area (Å²) >= 11 is 0. The van der Waals surface area contributed by atoms with Crippen LogP contribution >= 0.6 is 0 Å². The van der Waals surface area contributed by atoms with Crippen LogP contribution in [0, 0.1) is 39.4 Å². The summed E-state index contributed by atoms with van der Waals surface area (Å²) in [5.41, 5.74) is 6.89. The maximum Gasteiger partial charge on any atom is 0.0625 e. The maximum absolute atomic E-state index is 6.01. The van der Waals surface area contributed by atoms with E-state index >= 15 is 0 Å². The molecule has 7 atom stereocenters. The van der Waals surface area contributed by atoms with Gasteiger partial charge in [0, 0.05) is 7.11 Å². The van der Waals surface area contributed by atoms with Gasteiger partial charge in [-0.05, 0) is 117 Å². The Morgan fingerprint density at radius 1 is 0.969 bits per heavy atom. The highest BCUT2D eigenvalue weighted by atomic mass is 16.5. The quantitative estimate of drug-likeness (QED) is 0.387. The van der Waals surface area contributed by atoms with Crippen LogP contribution in [0.25, 0.3) is 0 Å². The largest absolute Gasteiger partial charge is 0.381 e. The molecule has 0 aromatic carbocycles. The molecule has 0 aliphatic heterocycles. The maximum atomic E-state index is 6.01. The summed E-state index contributed by atoms with van der Waals surface area (Å²) in [6, 6.07) is 0. The van der Waals surface area contributed by atoms with E-state index in [-0.39, 0.29) is 5.41 Å². The average molecular weight is 441 g/mol. The zero-order chi connectivity index (χ0) is 23.5. The Kier molecular flexibility index (Phi) is 6.36. The molecule has 0 saturated heterocycles. The third-order valence-electron chi connectivity index (χ3n) is 11.9. The lowest BCUT2D eigenvalue weighted by Gasteiger charge is -2.62. The molecule has 0 heterocycles. The number of methoxy groups -OCH3 is 1. The van der Waals surface area contributed by atoms with Crippen molar-refractivity contribution in [1.29, 1.82) is 0 Å². The molecule has 0 aromatic rings. The van der Waals surface area contributed by atoms with Crippen molar-refractivity contribution in [3.63, 3.8) is 0 Å². The average Bonchev–Trinajstić information content (AvgIpc) is 2.99. The van der Waals surface area contributed by atoms with Gasteiger partial charge in [-0.3, -0.25) is 0 Å². The normalized spacial score (nSPS) is 43.8. The summed E-state index contributed by atoms with van der Waals surface area (Å²) in [6.45, 7) is 20.1. The van der Waals surface area contributed by atoms with Crippen molar-refractivity contribution >= 4 is 0 Å². The predicted molar refractivity (Wildman–Crippen MR) is 138 cm³/mol. The van der Waals surface area contributed by atoms with E-state index in [4.69, 9.17) is 4.74 Å². The van der Waals surface area contributed by atoms with Gasteiger partial charge in [-0.25, -0.2) is 0 Å². The fourth-order valence-corrected chi connectivity index (χ4v) is 9.87. The first-order chi connectivity index (χ1) is 14.9. The first-order valence-corrected chi connectivity index (χ1v) is 13.8. The molecule has 0 radical (unpaired) electrons. The third kappa shape index (κ3) is 3.42. The number of allylic oxidation sites excluding steroid dienone is 4. The number of hydrogen-bond acceptors (Lipinski definition) is 1. The summed E-state index contributed by atoms with van der Waals surface area (Å²) in [7, 11) is 1.94. The van der Waals surface area contributed by atoms with E-state index < -0.39 is 0 Å². The first-order valence-electron chi connectivity index (χ1n) is 13.8. The summed E-state index contributed by atoms with van der Waals surface area (Å²) in [5.74, 6) is 2.49.